The Kier molecular flexibility index (Phi) is 5.42. The number of nitrogens with one attached hydrogen (secondary N) is 1. The zero-order chi connectivity index (χ0) is 12.7. The molecule has 0 unspecified atom stereocenters. The van der Waals surface area contributed by atoms with E-state index in [9.17, 15) is 10.1 Å². The summed E-state index contributed by atoms with van der Waals surface area (Å²) >= 11 is 0. The lowest BCUT2D eigenvalue weighted by atomic mass is 10.2. The fourth-order valence-electron chi connectivity index (χ4n) is 1.49. The SMILES string of the molecule is CCCOCc1ccc(NCC)c([N+](=O)[O-])c1. The molecule has 0 atom stereocenters. The Morgan fingerprint density at radius 3 is 2.76 bits per heavy atom. The number of nitrogens with zero attached hydrogens (tertiary/aromatic N) is 1. The summed E-state index contributed by atoms with van der Waals surface area (Å²) in [6.45, 7) is 5.68. The Hall–Kier alpha value is -1.62. The molecule has 0 aliphatic rings. The molecular formula is C12H18N2O3. The van der Waals surface area contributed by atoms with Gasteiger partial charge in [-0.15, -0.1) is 0 Å². The third-order valence-electron chi connectivity index (χ3n) is 2.24. The highest BCUT2D eigenvalue weighted by Crippen LogP contribution is 2.25. The summed E-state index contributed by atoms with van der Waals surface area (Å²) in [7, 11) is 0. The zero-order valence-electron chi connectivity index (χ0n) is 10.2. The molecule has 5 heteroatoms. The number of benzene rings is 1. The van der Waals surface area contributed by atoms with Crippen molar-refractivity contribution in [1.29, 1.82) is 0 Å². The van der Waals surface area contributed by atoms with E-state index in [4.69, 9.17) is 4.74 Å². The van der Waals surface area contributed by atoms with Gasteiger partial charge in [-0.2, -0.15) is 0 Å². The summed E-state index contributed by atoms with van der Waals surface area (Å²) in [6.07, 6.45) is 0.942. The first-order chi connectivity index (χ1) is 8.19. The van der Waals surface area contributed by atoms with Crippen LogP contribution in [0.4, 0.5) is 11.4 Å². The average Bonchev–Trinajstić information content (AvgIpc) is 2.31. The standard InChI is InChI=1S/C12H18N2O3/c1-3-7-17-9-10-5-6-11(13-4-2)12(8-10)14(15)16/h5-6,8,13H,3-4,7,9H2,1-2H3. The second kappa shape index (κ2) is 6.85. The predicted octanol–water partition coefficient (Wildman–Crippen LogP) is 2.95. The van der Waals surface area contributed by atoms with Gasteiger partial charge in [0.1, 0.15) is 5.69 Å². The molecule has 0 bridgehead atoms. The molecule has 0 aromatic heterocycles. The van der Waals surface area contributed by atoms with Crippen molar-refractivity contribution < 1.29 is 9.66 Å². The summed E-state index contributed by atoms with van der Waals surface area (Å²) < 4.78 is 5.36. The first kappa shape index (κ1) is 13.4. The summed E-state index contributed by atoms with van der Waals surface area (Å²) in [6, 6.07) is 5.14. The second-order valence-electron chi connectivity index (χ2n) is 3.69. The first-order valence-corrected chi connectivity index (χ1v) is 5.78. The van der Waals surface area contributed by atoms with E-state index in [1.165, 1.54) is 0 Å². The van der Waals surface area contributed by atoms with Crippen LogP contribution in [0.25, 0.3) is 0 Å². The van der Waals surface area contributed by atoms with Gasteiger partial charge < -0.3 is 10.1 Å². The van der Waals surface area contributed by atoms with Gasteiger partial charge in [0.15, 0.2) is 0 Å². The summed E-state index contributed by atoms with van der Waals surface area (Å²) in [5, 5.41) is 13.9. The van der Waals surface area contributed by atoms with Gasteiger partial charge in [-0.25, -0.2) is 0 Å². The van der Waals surface area contributed by atoms with E-state index >= 15 is 0 Å². The third-order valence-corrected chi connectivity index (χ3v) is 2.24. The van der Waals surface area contributed by atoms with Gasteiger partial charge in [-0.3, -0.25) is 10.1 Å². The summed E-state index contributed by atoms with van der Waals surface area (Å²) in [5.74, 6) is 0. The van der Waals surface area contributed by atoms with Crippen LogP contribution in [-0.4, -0.2) is 18.1 Å². The lowest BCUT2D eigenvalue weighted by Gasteiger charge is -2.07. The molecule has 17 heavy (non-hydrogen) atoms. The van der Waals surface area contributed by atoms with Gasteiger partial charge in [0.05, 0.1) is 11.5 Å². The summed E-state index contributed by atoms with van der Waals surface area (Å²) in [4.78, 5) is 10.5. The average molecular weight is 238 g/mol. The van der Waals surface area contributed by atoms with Crippen molar-refractivity contribution in [3.8, 4) is 0 Å². The van der Waals surface area contributed by atoms with E-state index < -0.39 is 0 Å². The van der Waals surface area contributed by atoms with Crippen LogP contribution in [0.15, 0.2) is 18.2 Å². The molecule has 1 aromatic rings. The maximum Gasteiger partial charge on any atom is 0.292 e. The number of hydrogen-bond donors (Lipinski definition) is 1. The molecule has 1 rings (SSSR count). The van der Waals surface area contributed by atoms with Crippen molar-refractivity contribution in [2.45, 2.75) is 26.9 Å². The number of ether oxygens (including phenoxy) is 1. The van der Waals surface area contributed by atoms with Crippen LogP contribution < -0.4 is 5.32 Å². The normalized spacial score (nSPS) is 10.2. The van der Waals surface area contributed by atoms with E-state index in [1.54, 1.807) is 12.1 Å². The number of rotatable bonds is 7. The third kappa shape index (κ3) is 4.03. The molecule has 0 fully saturated rings. The predicted molar refractivity (Wildman–Crippen MR) is 67.2 cm³/mol. The van der Waals surface area contributed by atoms with Crippen LogP contribution in [-0.2, 0) is 11.3 Å². The lowest BCUT2D eigenvalue weighted by molar-refractivity contribution is -0.384. The van der Waals surface area contributed by atoms with Crippen LogP contribution in [0.1, 0.15) is 25.8 Å². The molecule has 0 radical (unpaired) electrons. The second-order valence-corrected chi connectivity index (χ2v) is 3.69. The Labute approximate surface area is 101 Å². The molecule has 1 aromatic carbocycles. The van der Waals surface area contributed by atoms with Gasteiger partial charge in [0.2, 0.25) is 0 Å². The number of hydrogen-bond acceptors (Lipinski definition) is 4. The Morgan fingerprint density at radius 2 is 2.18 bits per heavy atom. The number of nitro groups is 1. The van der Waals surface area contributed by atoms with Gasteiger partial charge in [0.25, 0.3) is 5.69 Å². The maximum atomic E-state index is 10.9. The maximum absolute atomic E-state index is 10.9. The molecule has 0 spiro atoms. The minimum absolute atomic E-state index is 0.101. The molecular weight excluding hydrogens is 220 g/mol. The van der Waals surface area contributed by atoms with Gasteiger partial charge >= 0.3 is 0 Å². The van der Waals surface area contributed by atoms with Crippen LogP contribution in [0.5, 0.6) is 0 Å². The molecule has 0 saturated carbocycles. The van der Waals surface area contributed by atoms with Crippen LogP contribution >= 0.6 is 0 Å². The van der Waals surface area contributed by atoms with Gasteiger partial charge in [-0.05, 0) is 25.0 Å². The Balaban J connectivity index is 2.81. The molecule has 94 valence electrons. The number of anilines is 1. The van der Waals surface area contributed by atoms with Crippen molar-refractivity contribution in [1.82, 2.24) is 0 Å². The molecule has 1 N–H and O–H groups in total. The Morgan fingerprint density at radius 1 is 1.41 bits per heavy atom. The highest BCUT2D eigenvalue weighted by molar-refractivity contribution is 5.62. The quantitative estimate of drug-likeness (QED) is 0.450. The highest BCUT2D eigenvalue weighted by Gasteiger charge is 2.13. The lowest BCUT2D eigenvalue weighted by Crippen LogP contribution is -2.02. The fraction of sp³-hybridized carbons (Fsp3) is 0.500. The van der Waals surface area contributed by atoms with Crippen molar-refractivity contribution >= 4 is 11.4 Å². The van der Waals surface area contributed by atoms with Crippen LogP contribution in [0.2, 0.25) is 0 Å². The van der Waals surface area contributed by atoms with Crippen molar-refractivity contribution in [2.75, 3.05) is 18.5 Å². The van der Waals surface area contributed by atoms with E-state index in [1.807, 2.05) is 19.9 Å². The molecule has 0 heterocycles. The van der Waals surface area contributed by atoms with Gasteiger partial charge in [-0.1, -0.05) is 13.0 Å². The van der Waals surface area contributed by atoms with Crippen molar-refractivity contribution in [3.63, 3.8) is 0 Å². The largest absolute Gasteiger partial charge is 0.380 e. The molecule has 0 amide bonds. The van der Waals surface area contributed by atoms with E-state index in [0.29, 0.717) is 25.4 Å². The Bertz CT molecular complexity index is 380. The van der Waals surface area contributed by atoms with Crippen molar-refractivity contribution in [2.24, 2.45) is 0 Å². The smallest absolute Gasteiger partial charge is 0.292 e. The number of nitro benzene ring substituents is 1. The first-order valence-electron chi connectivity index (χ1n) is 5.78. The molecule has 5 nitrogen and oxygen atoms in total. The molecule has 0 aliphatic heterocycles. The van der Waals surface area contributed by atoms with E-state index in [0.717, 1.165) is 12.0 Å². The van der Waals surface area contributed by atoms with Crippen molar-refractivity contribution in [3.05, 3.63) is 33.9 Å². The summed E-state index contributed by atoms with van der Waals surface area (Å²) in [5.41, 5.74) is 1.48. The monoisotopic (exact) mass is 238 g/mol. The molecule has 0 saturated heterocycles. The van der Waals surface area contributed by atoms with Crippen LogP contribution in [0, 0.1) is 10.1 Å². The zero-order valence-corrected chi connectivity index (χ0v) is 10.2. The topological polar surface area (TPSA) is 64.4 Å². The van der Waals surface area contributed by atoms with E-state index in [-0.39, 0.29) is 10.6 Å². The highest BCUT2D eigenvalue weighted by atomic mass is 16.6. The minimum Gasteiger partial charge on any atom is -0.380 e. The van der Waals surface area contributed by atoms with Crippen LogP contribution in [0.3, 0.4) is 0 Å². The fourth-order valence-corrected chi connectivity index (χ4v) is 1.49. The van der Waals surface area contributed by atoms with Gasteiger partial charge in [0, 0.05) is 19.2 Å². The minimum atomic E-state index is -0.374. The van der Waals surface area contributed by atoms with E-state index in [2.05, 4.69) is 5.32 Å². The molecule has 0 aliphatic carbocycles.